The molecular weight excluding hydrogens is 224 g/mol. The number of nitrogens with two attached hydrogens (primary N) is 1. The Kier molecular flexibility index (Phi) is 6.76. The molecule has 1 aromatic carbocycles. The van der Waals surface area contributed by atoms with Crippen molar-refractivity contribution in [3.63, 3.8) is 0 Å². The minimum atomic E-state index is 0.694. The van der Waals surface area contributed by atoms with Gasteiger partial charge in [0.25, 0.3) is 0 Å². The molecule has 0 atom stereocenters. The lowest BCUT2D eigenvalue weighted by molar-refractivity contribution is 0.154. The number of rotatable bonds is 8. The van der Waals surface area contributed by atoms with Crippen LogP contribution in [0.1, 0.15) is 25.0 Å². The van der Waals surface area contributed by atoms with Gasteiger partial charge in [-0.15, -0.1) is 0 Å². The standard InChI is InChI=1S/C15H26N2O/c1-4-17(10-11-18-5-2)15-7-6-13(3)12-14(15)8-9-16/h6-7,12H,4-5,8-11,16H2,1-3H3. The first kappa shape index (κ1) is 15.0. The molecule has 0 fully saturated rings. The predicted molar refractivity (Wildman–Crippen MR) is 78.3 cm³/mol. The molecule has 3 heteroatoms. The highest BCUT2D eigenvalue weighted by atomic mass is 16.5. The Morgan fingerprint density at radius 3 is 2.67 bits per heavy atom. The van der Waals surface area contributed by atoms with Crippen LogP contribution in [0.4, 0.5) is 5.69 Å². The van der Waals surface area contributed by atoms with E-state index in [2.05, 4.69) is 36.9 Å². The SMILES string of the molecule is CCOCCN(CC)c1ccc(C)cc1CCN. The number of hydrogen-bond donors (Lipinski definition) is 1. The first-order valence-electron chi connectivity index (χ1n) is 6.85. The first-order chi connectivity index (χ1) is 8.72. The molecular formula is C15H26N2O. The van der Waals surface area contributed by atoms with Crippen LogP contribution in [-0.4, -0.2) is 32.8 Å². The maximum absolute atomic E-state index is 5.70. The fourth-order valence-corrected chi connectivity index (χ4v) is 2.15. The van der Waals surface area contributed by atoms with Crippen LogP contribution in [0.2, 0.25) is 0 Å². The molecule has 0 aliphatic rings. The van der Waals surface area contributed by atoms with Gasteiger partial charge in [-0.05, 0) is 45.4 Å². The molecule has 1 rings (SSSR count). The molecule has 0 unspecified atom stereocenters. The molecule has 0 aliphatic carbocycles. The summed E-state index contributed by atoms with van der Waals surface area (Å²) in [5.74, 6) is 0. The lowest BCUT2D eigenvalue weighted by Crippen LogP contribution is -2.28. The van der Waals surface area contributed by atoms with E-state index in [1.807, 2.05) is 6.92 Å². The average Bonchev–Trinajstić information content (AvgIpc) is 2.36. The minimum absolute atomic E-state index is 0.694. The Balaban J connectivity index is 2.82. The summed E-state index contributed by atoms with van der Waals surface area (Å²) in [6, 6.07) is 6.61. The van der Waals surface area contributed by atoms with E-state index in [0.717, 1.165) is 32.7 Å². The van der Waals surface area contributed by atoms with Crippen molar-refractivity contribution in [1.29, 1.82) is 0 Å². The number of likely N-dealkylation sites (N-methyl/N-ethyl adjacent to an activating group) is 1. The van der Waals surface area contributed by atoms with Crippen LogP contribution in [0.15, 0.2) is 18.2 Å². The topological polar surface area (TPSA) is 38.5 Å². The van der Waals surface area contributed by atoms with Crippen LogP contribution < -0.4 is 10.6 Å². The molecule has 0 heterocycles. The van der Waals surface area contributed by atoms with Crippen molar-refractivity contribution in [3.05, 3.63) is 29.3 Å². The van der Waals surface area contributed by atoms with Crippen LogP contribution in [0.5, 0.6) is 0 Å². The van der Waals surface area contributed by atoms with Crippen molar-refractivity contribution in [2.24, 2.45) is 5.73 Å². The van der Waals surface area contributed by atoms with Gasteiger partial charge < -0.3 is 15.4 Å². The second kappa shape index (κ2) is 8.11. The van der Waals surface area contributed by atoms with Gasteiger partial charge in [0, 0.05) is 25.4 Å². The van der Waals surface area contributed by atoms with Crippen LogP contribution in [0.25, 0.3) is 0 Å². The minimum Gasteiger partial charge on any atom is -0.380 e. The van der Waals surface area contributed by atoms with Crippen molar-refractivity contribution in [2.75, 3.05) is 37.7 Å². The largest absolute Gasteiger partial charge is 0.380 e. The van der Waals surface area contributed by atoms with Crippen LogP contribution in [-0.2, 0) is 11.2 Å². The fourth-order valence-electron chi connectivity index (χ4n) is 2.15. The Hall–Kier alpha value is -1.06. The van der Waals surface area contributed by atoms with Crippen molar-refractivity contribution in [3.8, 4) is 0 Å². The van der Waals surface area contributed by atoms with E-state index in [0.29, 0.717) is 6.54 Å². The zero-order chi connectivity index (χ0) is 13.4. The van der Waals surface area contributed by atoms with E-state index < -0.39 is 0 Å². The third-order valence-corrected chi connectivity index (χ3v) is 3.08. The van der Waals surface area contributed by atoms with Crippen LogP contribution in [0, 0.1) is 6.92 Å². The van der Waals surface area contributed by atoms with E-state index in [-0.39, 0.29) is 0 Å². The molecule has 0 aromatic heterocycles. The van der Waals surface area contributed by atoms with Gasteiger partial charge in [-0.25, -0.2) is 0 Å². The van der Waals surface area contributed by atoms with Gasteiger partial charge in [0.1, 0.15) is 0 Å². The molecule has 3 nitrogen and oxygen atoms in total. The van der Waals surface area contributed by atoms with E-state index in [9.17, 15) is 0 Å². The van der Waals surface area contributed by atoms with Crippen molar-refractivity contribution in [1.82, 2.24) is 0 Å². The molecule has 2 N–H and O–H groups in total. The molecule has 0 radical (unpaired) electrons. The average molecular weight is 250 g/mol. The van der Waals surface area contributed by atoms with Gasteiger partial charge in [0.2, 0.25) is 0 Å². The van der Waals surface area contributed by atoms with Gasteiger partial charge in [0.15, 0.2) is 0 Å². The number of ether oxygens (including phenoxy) is 1. The molecule has 0 saturated heterocycles. The smallest absolute Gasteiger partial charge is 0.0641 e. The van der Waals surface area contributed by atoms with E-state index in [1.54, 1.807) is 0 Å². The normalized spacial score (nSPS) is 10.7. The predicted octanol–water partition coefficient (Wildman–Crippen LogP) is 2.36. The highest BCUT2D eigenvalue weighted by Crippen LogP contribution is 2.22. The van der Waals surface area contributed by atoms with Crippen molar-refractivity contribution < 1.29 is 4.74 Å². The molecule has 0 saturated carbocycles. The summed E-state index contributed by atoms with van der Waals surface area (Å²) < 4.78 is 5.44. The molecule has 18 heavy (non-hydrogen) atoms. The lowest BCUT2D eigenvalue weighted by atomic mass is 10.1. The molecule has 0 amide bonds. The summed E-state index contributed by atoms with van der Waals surface area (Å²) in [7, 11) is 0. The number of nitrogens with zero attached hydrogens (tertiary/aromatic N) is 1. The number of benzene rings is 1. The first-order valence-corrected chi connectivity index (χ1v) is 6.85. The van der Waals surface area contributed by atoms with E-state index in [4.69, 9.17) is 10.5 Å². The molecule has 102 valence electrons. The maximum atomic E-state index is 5.70. The molecule has 0 bridgehead atoms. The lowest BCUT2D eigenvalue weighted by Gasteiger charge is -2.26. The summed E-state index contributed by atoms with van der Waals surface area (Å²) >= 11 is 0. The highest BCUT2D eigenvalue weighted by Gasteiger charge is 2.09. The summed E-state index contributed by atoms with van der Waals surface area (Å²) in [5.41, 5.74) is 9.64. The van der Waals surface area contributed by atoms with Crippen LogP contribution in [0.3, 0.4) is 0 Å². The third kappa shape index (κ3) is 4.31. The molecule has 1 aromatic rings. The molecule has 0 spiro atoms. The number of aryl methyl sites for hydroxylation is 1. The molecule has 0 aliphatic heterocycles. The monoisotopic (exact) mass is 250 g/mol. The number of anilines is 1. The summed E-state index contributed by atoms with van der Waals surface area (Å²) in [6.45, 7) is 10.5. The Bertz CT molecular complexity index is 352. The fraction of sp³-hybridized carbons (Fsp3) is 0.600. The third-order valence-electron chi connectivity index (χ3n) is 3.08. The highest BCUT2D eigenvalue weighted by molar-refractivity contribution is 5.55. The van der Waals surface area contributed by atoms with Gasteiger partial charge in [0.05, 0.1) is 6.61 Å². The second-order valence-corrected chi connectivity index (χ2v) is 4.45. The Morgan fingerprint density at radius 2 is 2.06 bits per heavy atom. The summed E-state index contributed by atoms with van der Waals surface area (Å²) in [4.78, 5) is 2.36. The Labute approximate surface area is 111 Å². The summed E-state index contributed by atoms with van der Waals surface area (Å²) in [5, 5.41) is 0. The zero-order valence-corrected chi connectivity index (χ0v) is 11.9. The maximum Gasteiger partial charge on any atom is 0.0641 e. The van der Waals surface area contributed by atoms with Gasteiger partial charge in [-0.1, -0.05) is 17.7 Å². The van der Waals surface area contributed by atoms with E-state index in [1.165, 1.54) is 16.8 Å². The number of hydrogen-bond acceptors (Lipinski definition) is 3. The zero-order valence-electron chi connectivity index (χ0n) is 11.9. The van der Waals surface area contributed by atoms with Gasteiger partial charge >= 0.3 is 0 Å². The van der Waals surface area contributed by atoms with Gasteiger partial charge in [-0.2, -0.15) is 0 Å². The van der Waals surface area contributed by atoms with E-state index >= 15 is 0 Å². The van der Waals surface area contributed by atoms with Crippen LogP contribution >= 0.6 is 0 Å². The quantitative estimate of drug-likeness (QED) is 0.720. The Morgan fingerprint density at radius 1 is 1.28 bits per heavy atom. The van der Waals surface area contributed by atoms with Gasteiger partial charge in [-0.3, -0.25) is 0 Å². The van der Waals surface area contributed by atoms with Crippen molar-refractivity contribution >= 4 is 5.69 Å². The summed E-state index contributed by atoms with van der Waals surface area (Å²) in [6.07, 6.45) is 0.933. The second-order valence-electron chi connectivity index (χ2n) is 4.45. The van der Waals surface area contributed by atoms with Crippen molar-refractivity contribution in [2.45, 2.75) is 27.2 Å².